The van der Waals surface area contributed by atoms with Crippen molar-refractivity contribution in [3.05, 3.63) is 70.1 Å². The summed E-state index contributed by atoms with van der Waals surface area (Å²) in [6, 6.07) is 14.3. The SMILES string of the molecule is O=C(CCC1CCC(CC(=O)c2cc3cc(Cl)ccc3o2)CC1)c1cc2cc(Cl)ccc2o1. The molecular weight excluding hydrogens is 459 g/mol. The van der Waals surface area contributed by atoms with Crippen LogP contribution < -0.4 is 0 Å². The third kappa shape index (κ3) is 5.02. The highest BCUT2D eigenvalue weighted by molar-refractivity contribution is 6.31. The molecule has 2 aromatic heterocycles. The van der Waals surface area contributed by atoms with Crippen molar-refractivity contribution in [2.75, 3.05) is 0 Å². The number of benzene rings is 2. The Kier molecular flexibility index (Phi) is 6.31. The summed E-state index contributed by atoms with van der Waals surface area (Å²) in [7, 11) is 0. The van der Waals surface area contributed by atoms with Gasteiger partial charge in [-0.15, -0.1) is 0 Å². The van der Waals surface area contributed by atoms with Crippen LogP contribution in [-0.4, -0.2) is 11.6 Å². The lowest BCUT2D eigenvalue weighted by molar-refractivity contribution is 0.0913. The van der Waals surface area contributed by atoms with Gasteiger partial charge in [0.2, 0.25) is 0 Å². The number of Topliss-reactive ketones (excluding diaryl/α,β-unsaturated/α-hetero) is 2. The highest BCUT2D eigenvalue weighted by Gasteiger charge is 2.25. The number of hydrogen-bond donors (Lipinski definition) is 0. The van der Waals surface area contributed by atoms with E-state index < -0.39 is 0 Å². The van der Waals surface area contributed by atoms with Gasteiger partial charge in [0, 0.05) is 33.7 Å². The average Bonchev–Trinajstić information content (AvgIpc) is 3.42. The van der Waals surface area contributed by atoms with Crippen LogP contribution >= 0.6 is 23.2 Å². The third-order valence-corrected chi connectivity index (χ3v) is 7.20. The molecule has 0 spiro atoms. The molecule has 1 aliphatic carbocycles. The Morgan fingerprint density at radius 2 is 1.24 bits per heavy atom. The number of ketones is 2. The Morgan fingerprint density at radius 3 is 1.82 bits per heavy atom. The molecule has 0 unspecified atom stereocenters. The van der Waals surface area contributed by atoms with Gasteiger partial charge in [0.15, 0.2) is 23.1 Å². The lowest BCUT2D eigenvalue weighted by atomic mass is 9.78. The summed E-state index contributed by atoms with van der Waals surface area (Å²) in [6.45, 7) is 0. The molecule has 2 heterocycles. The van der Waals surface area contributed by atoms with Crippen LogP contribution in [0, 0.1) is 11.8 Å². The largest absolute Gasteiger partial charge is 0.453 e. The summed E-state index contributed by atoms with van der Waals surface area (Å²) in [5.74, 6) is 1.76. The number of hydrogen-bond acceptors (Lipinski definition) is 4. The second-order valence-corrected chi connectivity index (χ2v) is 9.93. The molecule has 0 saturated heterocycles. The van der Waals surface area contributed by atoms with E-state index in [4.69, 9.17) is 32.0 Å². The van der Waals surface area contributed by atoms with E-state index in [1.807, 2.05) is 6.07 Å². The fraction of sp³-hybridized carbons (Fsp3) is 0.333. The van der Waals surface area contributed by atoms with Crippen molar-refractivity contribution in [2.24, 2.45) is 11.8 Å². The molecule has 1 fully saturated rings. The number of carbonyl (C=O) groups excluding carboxylic acids is 2. The molecule has 0 atom stereocenters. The number of fused-ring (bicyclic) bond motifs is 2. The number of furan rings is 2. The van der Waals surface area contributed by atoms with Gasteiger partial charge >= 0.3 is 0 Å². The topological polar surface area (TPSA) is 60.4 Å². The van der Waals surface area contributed by atoms with Crippen LogP contribution in [0.25, 0.3) is 21.9 Å². The summed E-state index contributed by atoms with van der Waals surface area (Å²) in [5.41, 5.74) is 1.36. The Labute approximate surface area is 201 Å². The number of rotatable bonds is 7. The van der Waals surface area contributed by atoms with Crippen LogP contribution in [-0.2, 0) is 0 Å². The van der Waals surface area contributed by atoms with Crippen molar-refractivity contribution in [3.8, 4) is 0 Å². The van der Waals surface area contributed by atoms with Gasteiger partial charge in [0.1, 0.15) is 11.2 Å². The van der Waals surface area contributed by atoms with E-state index in [9.17, 15) is 9.59 Å². The maximum atomic E-state index is 12.7. The van der Waals surface area contributed by atoms with Gasteiger partial charge in [0.25, 0.3) is 0 Å². The molecule has 33 heavy (non-hydrogen) atoms. The van der Waals surface area contributed by atoms with Gasteiger partial charge < -0.3 is 8.83 Å². The molecule has 0 aliphatic heterocycles. The summed E-state index contributed by atoms with van der Waals surface area (Å²) >= 11 is 12.0. The quantitative estimate of drug-likeness (QED) is 0.247. The van der Waals surface area contributed by atoms with Gasteiger partial charge in [-0.05, 0) is 79.6 Å². The highest BCUT2D eigenvalue weighted by atomic mass is 35.5. The van der Waals surface area contributed by atoms with E-state index in [2.05, 4.69) is 0 Å². The van der Waals surface area contributed by atoms with E-state index >= 15 is 0 Å². The van der Waals surface area contributed by atoms with Crippen LogP contribution in [0.2, 0.25) is 10.0 Å². The number of carbonyl (C=O) groups is 2. The van der Waals surface area contributed by atoms with Crippen molar-refractivity contribution < 1.29 is 18.4 Å². The van der Waals surface area contributed by atoms with Gasteiger partial charge in [-0.1, -0.05) is 36.0 Å². The van der Waals surface area contributed by atoms with Crippen LogP contribution in [0.5, 0.6) is 0 Å². The standard InChI is InChI=1S/C27H24Cl2O4/c28-20-6-9-24-18(12-20)14-26(32-24)22(30)8-5-16-1-3-17(4-2-16)11-23(31)27-15-19-13-21(29)7-10-25(19)33-27/h6-7,9-10,12-17H,1-5,8,11H2. The maximum absolute atomic E-state index is 12.7. The Bertz CT molecular complexity index is 1320. The van der Waals surface area contributed by atoms with E-state index in [-0.39, 0.29) is 11.6 Å². The molecule has 1 saturated carbocycles. The van der Waals surface area contributed by atoms with E-state index in [1.54, 1.807) is 42.5 Å². The van der Waals surface area contributed by atoms with Gasteiger partial charge in [-0.2, -0.15) is 0 Å². The second kappa shape index (κ2) is 9.36. The summed E-state index contributed by atoms with van der Waals surface area (Å²) in [6.07, 6.45) is 5.90. The fourth-order valence-corrected chi connectivity index (χ4v) is 5.21. The lowest BCUT2D eigenvalue weighted by Crippen LogP contribution is -2.18. The molecule has 2 aromatic carbocycles. The molecule has 4 aromatic rings. The van der Waals surface area contributed by atoms with Crippen molar-refractivity contribution in [2.45, 2.75) is 44.9 Å². The van der Waals surface area contributed by atoms with Gasteiger partial charge in [0.05, 0.1) is 0 Å². The van der Waals surface area contributed by atoms with Crippen molar-refractivity contribution in [3.63, 3.8) is 0 Å². The van der Waals surface area contributed by atoms with Gasteiger partial charge in [-0.25, -0.2) is 0 Å². The number of halogens is 2. The molecule has 6 heteroatoms. The molecule has 0 bridgehead atoms. The first-order valence-electron chi connectivity index (χ1n) is 11.4. The van der Waals surface area contributed by atoms with Crippen LogP contribution in [0.3, 0.4) is 0 Å². The van der Waals surface area contributed by atoms with Crippen LogP contribution in [0.15, 0.2) is 57.4 Å². The van der Waals surface area contributed by atoms with Crippen molar-refractivity contribution in [1.29, 1.82) is 0 Å². The summed E-state index contributed by atoms with van der Waals surface area (Å²) in [4.78, 5) is 25.3. The first kappa shape index (κ1) is 22.2. The molecule has 5 rings (SSSR count). The van der Waals surface area contributed by atoms with Crippen LogP contribution in [0.4, 0.5) is 0 Å². The minimum atomic E-state index is 0.0320. The maximum Gasteiger partial charge on any atom is 0.198 e. The molecule has 1 aliphatic rings. The molecule has 4 nitrogen and oxygen atoms in total. The first-order chi connectivity index (χ1) is 15.9. The van der Waals surface area contributed by atoms with Crippen molar-refractivity contribution in [1.82, 2.24) is 0 Å². The lowest BCUT2D eigenvalue weighted by Gasteiger charge is -2.27. The molecular formula is C27H24Cl2O4. The predicted molar refractivity (Wildman–Crippen MR) is 130 cm³/mol. The fourth-order valence-electron chi connectivity index (χ4n) is 4.85. The molecule has 0 radical (unpaired) electrons. The van der Waals surface area contributed by atoms with E-state index in [1.165, 1.54) is 0 Å². The monoisotopic (exact) mass is 482 g/mol. The van der Waals surface area contributed by atoms with Gasteiger partial charge in [-0.3, -0.25) is 9.59 Å². The second-order valence-electron chi connectivity index (χ2n) is 9.06. The third-order valence-electron chi connectivity index (χ3n) is 6.73. The predicted octanol–water partition coefficient (Wildman–Crippen LogP) is 8.53. The zero-order chi connectivity index (χ0) is 22.9. The summed E-state index contributed by atoms with van der Waals surface area (Å²) in [5, 5.41) is 2.96. The highest BCUT2D eigenvalue weighted by Crippen LogP contribution is 2.35. The normalized spacial score (nSPS) is 18.7. The van der Waals surface area contributed by atoms with Crippen LogP contribution in [0.1, 0.15) is 66.1 Å². The zero-order valence-electron chi connectivity index (χ0n) is 18.1. The van der Waals surface area contributed by atoms with E-state index in [0.29, 0.717) is 57.4 Å². The molecule has 0 amide bonds. The average molecular weight is 483 g/mol. The smallest absolute Gasteiger partial charge is 0.198 e. The summed E-state index contributed by atoms with van der Waals surface area (Å²) < 4.78 is 11.4. The Hall–Kier alpha value is -2.56. The molecule has 0 N–H and O–H groups in total. The van der Waals surface area contributed by atoms with Crippen molar-refractivity contribution >= 4 is 56.7 Å². The Morgan fingerprint density at radius 1 is 0.727 bits per heavy atom. The van der Waals surface area contributed by atoms with E-state index in [0.717, 1.165) is 42.9 Å². The zero-order valence-corrected chi connectivity index (χ0v) is 19.6. The minimum Gasteiger partial charge on any atom is -0.453 e. The Balaban J connectivity index is 1.10. The minimum absolute atomic E-state index is 0.0320. The molecule has 170 valence electrons. The first-order valence-corrected chi connectivity index (χ1v) is 12.1.